The third kappa shape index (κ3) is 3.34. The summed E-state index contributed by atoms with van der Waals surface area (Å²) in [6.45, 7) is 1.93. The van der Waals surface area contributed by atoms with Gasteiger partial charge in [0, 0.05) is 4.88 Å². The molecule has 0 saturated carbocycles. The van der Waals surface area contributed by atoms with Gasteiger partial charge in [-0.3, -0.25) is 4.79 Å². The van der Waals surface area contributed by atoms with Crippen molar-refractivity contribution in [2.75, 3.05) is 0 Å². The van der Waals surface area contributed by atoms with Crippen LogP contribution in [0.5, 0.6) is 5.75 Å². The van der Waals surface area contributed by atoms with Crippen LogP contribution in [0, 0.1) is 0 Å². The first-order chi connectivity index (χ1) is 8.65. The fraction of sp³-hybridized carbons (Fsp3) is 0.214. The van der Waals surface area contributed by atoms with Crippen LogP contribution < -0.4 is 5.32 Å². The number of amides is 1. The molecule has 1 aromatic carbocycles. The zero-order valence-electron chi connectivity index (χ0n) is 10.1. The van der Waals surface area contributed by atoms with E-state index in [9.17, 15) is 9.90 Å². The number of phenols is 1. The van der Waals surface area contributed by atoms with Gasteiger partial charge in [0.05, 0.1) is 12.5 Å². The first kappa shape index (κ1) is 12.6. The molecular formula is C14H15NO2S. The number of rotatable bonds is 4. The Bertz CT molecular complexity index is 505. The number of phenolic OH excluding ortho intramolecular Hbond substituents is 1. The minimum absolute atomic E-state index is 0.0121. The number of carbonyl (C=O) groups excluding carboxylic acids is 1. The van der Waals surface area contributed by atoms with E-state index in [1.165, 1.54) is 0 Å². The van der Waals surface area contributed by atoms with E-state index >= 15 is 0 Å². The van der Waals surface area contributed by atoms with E-state index in [1.807, 2.05) is 36.6 Å². The van der Waals surface area contributed by atoms with E-state index in [1.54, 1.807) is 23.5 Å². The number of thiophene rings is 1. The van der Waals surface area contributed by atoms with Crippen LogP contribution in [0.2, 0.25) is 0 Å². The second kappa shape index (κ2) is 5.69. The fourth-order valence-electron chi connectivity index (χ4n) is 1.71. The third-order valence-electron chi connectivity index (χ3n) is 2.69. The molecule has 1 aromatic heterocycles. The Morgan fingerprint density at radius 2 is 2.06 bits per heavy atom. The third-order valence-corrected chi connectivity index (χ3v) is 3.56. The summed E-state index contributed by atoms with van der Waals surface area (Å²) in [5, 5.41) is 14.1. The summed E-state index contributed by atoms with van der Waals surface area (Å²) in [4.78, 5) is 12.9. The van der Waals surface area contributed by atoms with Gasteiger partial charge in [-0.25, -0.2) is 0 Å². The molecule has 0 fully saturated rings. The average molecular weight is 261 g/mol. The predicted molar refractivity (Wildman–Crippen MR) is 72.7 cm³/mol. The largest absolute Gasteiger partial charge is 0.508 e. The van der Waals surface area contributed by atoms with Gasteiger partial charge in [-0.2, -0.15) is 0 Å². The lowest BCUT2D eigenvalue weighted by molar-refractivity contribution is -0.121. The van der Waals surface area contributed by atoms with Crippen molar-refractivity contribution in [1.82, 2.24) is 5.32 Å². The maximum Gasteiger partial charge on any atom is 0.225 e. The summed E-state index contributed by atoms with van der Waals surface area (Å²) < 4.78 is 0. The van der Waals surface area contributed by atoms with Crippen LogP contribution in [0.15, 0.2) is 41.8 Å². The van der Waals surface area contributed by atoms with Gasteiger partial charge in [0.2, 0.25) is 5.91 Å². The van der Waals surface area contributed by atoms with Gasteiger partial charge >= 0.3 is 0 Å². The highest BCUT2D eigenvalue weighted by atomic mass is 32.1. The normalized spacial score (nSPS) is 12.1. The van der Waals surface area contributed by atoms with Crippen LogP contribution in [-0.2, 0) is 11.2 Å². The average Bonchev–Trinajstić information content (AvgIpc) is 2.82. The smallest absolute Gasteiger partial charge is 0.225 e. The van der Waals surface area contributed by atoms with Gasteiger partial charge in [-0.15, -0.1) is 11.3 Å². The summed E-state index contributed by atoms with van der Waals surface area (Å²) in [6.07, 6.45) is 0.417. The Morgan fingerprint density at radius 1 is 1.33 bits per heavy atom. The summed E-state index contributed by atoms with van der Waals surface area (Å²) >= 11 is 1.58. The molecule has 0 aliphatic rings. The lowest BCUT2D eigenvalue weighted by Crippen LogP contribution is -2.27. The van der Waals surface area contributed by atoms with Crippen molar-refractivity contribution in [3.8, 4) is 5.75 Å². The van der Waals surface area contributed by atoms with E-state index in [4.69, 9.17) is 0 Å². The van der Waals surface area contributed by atoms with Crippen molar-refractivity contribution in [1.29, 1.82) is 0 Å². The van der Waals surface area contributed by atoms with Crippen molar-refractivity contribution in [3.05, 3.63) is 52.2 Å². The number of aromatic hydroxyl groups is 1. The van der Waals surface area contributed by atoms with E-state index in [0.717, 1.165) is 10.4 Å². The molecule has 0 unspecified atom stereocenters. The minimum Gasteiger partial charge on any atom is -0.508 e. The second-order valence-corrected chi connectivity index (χ2v) is 5.17. The molecule has 0 spiro atoms. The van der Waals surface area contributed by atoms with Crippen molar-refractivity contribution in [2.24, 2.45) is 0 Å². The monoisotopic (exact) mass is 261 g/mol. The standard InChI is InChI=1S/C14H15NO2S/c1-10(11-4-6-12(16)7-5-11)15-14(17)9-13-3-2-8-18-13/h2-8,10,16H,9H2,1H3,(H,15,17)/t10-/m0/s1. The molecule has 18 heavy (non-hydrogen) atoms. The molecular weight excluding hydrogens is 246 g/mol. The van der Waals surface area contributed by atoms with Crippen molar-refractivity contribution in [2.45, 2.75) is 19.4 Å². The van der Waals surface area contributed by atoms with E-state index < -0.39 is 0 Å². The van der Waals surface area contributed by atoms with Gasteiger partial charge < -0.3 is 10.4 Å². The lowest BCUT2D eigenvalue weighted by Gasteiger charge is -2.14. The van der Waals surface area contributed by atoms with Gasteiger partial charge in [-0.1, -0.05) is 18.2 Å². The van der Waals surface area contributed by atoms with Gasteiger partial charge in [-0.05, 0) is 36.1 Å². The van der Waals surface area contributed by atoms with Crippen LogP contribution in [0.25, 0.3) is 0 Å². The molecule has 1 atom stereocenters. The highest BCUT2D eigenvalue weighted by Crippen LogP contribution is 2.17. The molecule has 2 aromatic rings. The Hall–Kier alpha value is -1.81. The van der Waals surface area contributed by atoms with Crippen molar-refractivity contribution >= 4 is 17.2 Å². The number of hydrogen-bond acceptors (Lipinski definition) is 3. The van der Waals surface area contributed by atoms with E-state index in [-0.39, 0.29) is 17.7 Å². The minimum atomic E-state index is -0.0573. The lowest BCUT2D eigenvalue weighted by atomic mass is 10.1. The highest BCUT2D eigenvalue weighted by Gasteiger charge is 2.10. The molecule has 4 heteroatoms. The van der Waals surface area contributed by atoms with Crippen LogP contribution in [-0.4, -0.2) is 11.0 Å². The molecule has 2 N–H and O–H groups in total. The van der Waals surface area contributed by atoms with Crippen LogP contribution in [0.3, 0.4) is 0 Å². The summed E-state index contributed by atoms with van der Waals surface area (Å²) in [6, 6.07) is 10.7. The Labute approximate surface area is 110 Å². The predicted octanol–water partition coefficient (Wildman–Crippen LogP) is 2.87. The molecule has 0 radical (unpaired) electrons. The molecule has 1 amide bonds. The second-order valence-electron chi connectivity index (χ2n) is 4.14. The molecule has 0 aliphatic heterocycles. The van der Waals surface area contributed by atoms with E-state index in [2.05, 4.69) is 5.32 Å². The quantitative estimate of drug-likeness (QED) is 0.889. The SMILES string of the molecule is C[C@H](NC(=O)Cc1cccs1)c1ccc(O)cc1. The topological polar surface area (TPSA) is 49.3 Å². The first-order valence-corrected chi connectivity index (χ1v) is 6.64. The van der Waals surface area contributed by atoms with Crippen molar-refractivity contribution in [3.63, 3.8) is 0 Å². The number of hydrogen-bond donors (Lipinski definition) is 2. The highest BCUT2D eigenvalue weighted by molar-refractivity contribution is 7.10. The van der Waals surface area contributed by atoms with Crippen LogP contribution >= 0.6 is 11.3 Å². The maximum atomic E-state index is 11.8. The molecule has 2 rings (SSSR count). The molecule has 3 nitrogen and oxygen atoms in total. The molecule has 94 valence electrons. The molecule has 1 heterocycles. The van der Waals surface area contributed by atoms with Gasteiger partial charge in [0.25, 0.3) is 0 Å². The zero-order chi connectivity index (χ0) is 13.0. The maximum absolute atomic E-state index is 11.8. The summed E-state index contributed by atoms with van der Waals surface area (Å²) in [5.41, 5.74) is 0.979. The Kier molecular flexibility index (Phi) is 3.99. The van der Waals surface area contributed by atoms with Gasteiger partial charge in [0.1, 0.15) is 5.75 Å². The first-order valence-electron chi connectivity index (χ1n) is 5.76. The van der Waals surface area contributed by atoms with Crippen LogP contribution in [0.1, 0.15) is 23.4 Å². The molecule has 0 saturated heterocycles. The Morgan fingerprint density at radius 3 is 2.67 bits per heavy atom. The molecule has 0 aliphatic carbocycles. The number of nitrogens with one attached hydrogen (secondary N) is 1. The Balaban J connectivity index is 1.92. The van der Waals surface area contributed by atoms with Crippen LogP contribution in [0.4, 0.5) is 0 Å². The summed E-state index contributed by atoms with van der Waals surface area (Å²) in [5.74, 6) is 0.244. The summed E-state index contributed by atoms with van der Waals surface area (Å²) in [7, 11) is 0. The van der Waals surface area contributed by atoms with E-state index in [0.29, 0.717) is 6.42 Å². The number of carbonyl (C=O) groups is 1. The van der Waals surface area contributed by atoms with Crippen molar-refractivity contribution < 1.29 is 9.90 Å². The molecule has 0 bridgehead atoms. The number of benzene rings is 1. The zero-order valence-corrected chi connectivity index (χ0v) is 10.9. The van der Waals surface area contributed by atoms with Gasteiger partial charge in [0.15, 0.2) is 0 Å². The fourth-order valence-corrected chi connectivity index (χ4v) is 2.41.